The van der Waals surface area contributed by atoms with Crippen LogP contribution >= 0.6 is 0 Å². The summed E-state index contributed by atoms with van der Waals surface area (Å²) in [6.45, 7) is 4.56. The van der Waals surface area contributed by atoms with Gasteiger partial charge in [-0.05, 0) is 55.8 Å². The Morgan fingerprint density at radius 3 is 2.48 bits per heavy atom. The molecule has 0 bridgehead atoms. The zero-order valence-corrected chi connectivity index (χ0v) is 15.4. The van der Waals surface area contributed by atoms with Gasteiger partial charge in [0, 0.05) is 25.2 Å². The molecule has 1 heterocycles. The molecule has 1 fully saturated rings. The summed E-state index contributed by atoms with van der Waals surface area (Å²) in [5.74, 6) is -0.213. The van der Waals surface area contributed by atoms with Gasteiger partial charge in [0.1, 0.15) is 11.6 Å². The third-order valence-corrected chi connectivity index (χ3v) is 4.40. The molecule has 1 saturated heterocycles. The summed E-state index contributed by atoms with van der Waals surface area (Å²) in [6.07, 6.45) is 0.262. The van der Waals surface area contributed by atoms with Gasteiger partial charge in [-0.15, -0.1) is 0 Å². The molecular formula is C21H23FN2O3. The lowest BCUT2D eigenvalue weighted by Gasteiger charge is -2.18. The van der Waals surface area contributed by atoms with E-state index in [1.54, 1.807) is 17.0 Å². The standard InChI is InChI=1S/C21H23FN2O3/c1-14(2)27-19-9-7-18(8-10-19)24-13-16(11-20(24)25)21(26)23-12-15-3-5-17(22)6-4-15/h3-10,14,16H,11-13H2,1-2H3,(H,23,26)/t16-/m1/s1. The van der Waals surface area contributed by atoms with Crippen LogP contribution in [0.2, 0.25) is 0 Å². The van der Waals surface area contributed by atoms with Crippen LogP contribution in [-0.4, -0.2) is 24.5 Å². The van der Waals surface area contributed by atoms with E-state index < -0.39 is 5.92 Å². The molecule has 3 rings (SSSR count). The largest absolute Gasteiger partial charge is 0.491 e. The summed E-state index contributed by atoms with van der Waals surface area (Å²) >= 11 is 0. The summed E-state index contributed by atoms with van der Waals surface area (Å²) in [7, 11) is 0. The zero-order valence-electron chi connectivity index (χ0n) is 15.4. The number of carbonyl (C=O) groups excluding carboxylic acids is 2. The SMILES string of the molecule is CC(C)Oc1ccc(N2C[C@H](C(=O)NCc3ccc(F)cc3)CC2=O)cc1. The van der Waals surface area contributed by atoms with Gasteiger partial charge in [-0.2, -0.15) is 0 Å². The summed E-state index contributed by atoms with van der Waals surface area (Å²) in [6, 6.07) is 13.3. The van der Waals surface area contributed by atoms with Gasteiger partial charge in [0.2, 0.25) is 11.8 Å². The van der Waals surface area contributed by atoms with E-state index in [0.717, 1.165) is 17.0 Å². The van der Waals surface area contributed by atoms with Gasteiger partial charge < -0.3 is 15.0 Å². The van der Waals surface area contributed by atoms with Crippen molar-refractivity contribution in [3.05, 3.63) is 59.9 Å². The summed E-state index contributed by atoms with van der Waals surface area (Å²) in [5.41, 5.74) is 1.57. The van der Waals surface area contributed by atoms with Crippen LogP contribution in [0.3, 0.4) is 0 Å². The second-order valence-electron chi connectivity index (χ2n) is 6.91. The third-order valence-electron chi connectivity index (χ3n) is 4.40. The third kappa shape index (κ3) is 4.84. The molecule has 0 spiro atoms. The van der Waals surface area contributed by atoms with Gasteiger partial charge in [-0.3, -0.25) is 9.59 Å². The lowest BCUT2D eigenvalue weighted by molar-refractivity contribution is -0.126. The molecule has 2 amide bonds. The van der Waals surface area contributed by atoms with Gasteiger partial charge in [0.05, 0.1) is 12.0 Å². The van der Waals surface area contributed by atoms with Gasteiger partial charge in [-0.25, -0.2) is 4.39 Å². The van der Waals surface area contributed by atoms with Crippen LogP contribution in [-0.2, 0) is 16.1 Å². The molecule has 5 nitrogen and oxygen atoms in total. The highest BCUT2D eigenvalue weighted by atomic mass is 19.1. The molecule has 0 aliphatic carbocycles. The van der Waals surface area contributed by atoms with Crippen LogP contribution in [0.4, 0.5) is 10.1 Å². The van der Waals surface area contributed by atoms with Crippen molar-refractivity contribution < 1.29 is 18.7 Å². The van der Waals surface area contributed by atoms with Crippen molar-refractivity contribution in [2.24, 2.45) is 5.92 Å². The van der Waals surface area contributed by atoms with Crippen LogP contribution < -0.4 is 15.0 Å². The number of hydrogen-bond donors (Lipinski definition) is 1. The van der Waals surface area contributed by atoms with Crippen molar-refractivity contribution in [2.75, 3.05) is 11.4 Å². The maximum atomic E-state index is 12.9. The number of ether oxygens (including phenoxy) is 1. The Morgan fingerprint density at radius 2 is 1.85 bits per heavy atom. The van der Waals surface area contributed by atoms with Crippen molar-refractivity contribution in [3.63, 3.8) is 0 Å². The highest BCUT2D eigenvalue weighted by Gasteiger charge is 2.35. The number of anilines is 1. The quantitative estimate of drug-likeness (QED) is 0.849. The molecule has 1 atom stereocenters. The highest BCUT2D eigenvalue weighted by Crippen LogP contribution is 2.27. The number of nitrogens with one attached hydrogen (secondary N) is 1. The van der Waals surface area contributed by atoms with Crippen molar-refractivity contribution in [2.45, 2.75) is 32.9 Å². The molecule has 0 radical (unpaired) electrons. The van der Waals surface area contributed by atoms with E-state index in [1.165, 1.54) is 12.1 Å². The molecule has 2 aromatic carbocycles. The predicted molar refractivity (Wildman–Crippen MR) is 101 cm³/mol. The van der Waals surface area contributed by atoms with Crippen molar-refractivity contribution in [1.29, 1.82) is 0 Å². The Hall–Kier alpha value is -2.89. The number of benzene rings is 2. The fraction of sp³-hybridized carbons (Fsp3) is 0.333. The molecular weight excluding hydrogens is 347 g/mol. The minimum absolute atomic E-state index is 0.0746. The van der Waals surface area contributed by atoms with Crippen molar-refractivity contribution in [1.82, 2.24) is 5.32 Å². The number of halogens is 1. The first-order chi connectivity index (χ1) is 12.9. The molecule has 0 unspecified atom stereocenters. The van der Waals surface area contributed by atoms with E-state index in [-0.39, 0.29) is 30.2 Å². The molecule has 6 heteroatoms. The monoisotopic (exact) mass is 370 g/mol. The van der Waals surface area contributed by atoms with E-state index in [0.29, 0.717) is 13.1 Å². The van der Waals surface area contributed by atoms with Crippen LogP contribution in [0.25, 0.3) is 0 Å². The number of rotatable bonds is 6. The molecule has 1 aliphatic heterocycles. The van der Waals surface area contributed by atoms with Crippen LogP contribution in [0.15, 0.2) is 48.5 Å². The second kappa shape index (κ2) is 8.20. The van der Waals surface area contributed by atoms with Crippen molar-refractivity contribution in [3.8, 4) is 5.75 Å². The van der Waals surface area contributed by atoms with Gasteiger partial charge in [0.25, 0.3) is 0 Å². The smallest absolute Gasteiger partial charge is 0.227 e. The predicted octanol–water partition coefficient (Wildman–Crippen LogP) is 3.28. The Labute approximate surface area is 158 Å². The molecule has 27 heavy (non-hydrogen) atoms. The van der Waals surface area contributed by atoms with Gasteiger partial charge in [-0.1, -0.05) is 12.1 Å². The van der Waals surface area contributed by atoms with E-state index in [9.17, 15) is 14.0 Å². The molecule has 1 aliphatic rings. The van der Waals surface area contributed by atoms with Crippen LogP contribution in [0.1, 0.15) is 25.8 Å². The minimum Gasteiger partial charge on any atom is -0.491 e. The van der Waals surface area contributed by atoms with Gasteiger partial charge >= 0.3 is 0 Å². The number of amides is 2. The molecule has 0 aromatic heterocycles. The molecule has 0 saturated carbocycles. The number of carbonyl (C=O) groups is 2. The number of hydrogen-bond acceptors (Lipinski definition) is 3. The van der Waals surface area contributed by atoms with Gasteiger partial charge in [0.15, 0.2) is 0 Å². The first-order valence-electron chi connectivity index (χ1n) is 9.01. The maximum absolute atomic E-state index is 12.9. The normalized spacial score (nSPS) is 16.7. The summed E-state index contributed by atoms with van der Waals surface area (Å²) < 4.78 is 18.5. The van der Waals surface area contributed by atoms with Crippen molar-refractivity contribution >= 4 is 17.5 Å². The Bertz CT molecular complexity index is 803. The lowest BCUT2D eigenvalue weighted by Crippen LogP contribution is -2.32. The van der Waals surface area contributed by atoms with Crippen LogP contribution in [0, 0.1) is 11.7 Å². The number of nitrogens with zero attached hydrogens (tertiary/aromatic N) is 1. The zero-order chi connectivity index (χ0) is 19.4. The van der Waals surface area contributed by atoms with E-state index in [1.807, 2.05) is 38.1 Å². The summed E-state index contributed by atoms with van der Waals surface area (Å²) in [5, 5.41) is 2.82. The topological polar surface area (TPSA) is 58.6 Å². The molecule has 2 aromatic rings. The fourth-order valence-corrected chi connectivity index (χ4v) is 3.05. The average molecular weight is 370 g/mol. The van der Waals surface area contributed by atoms with Crippen LogP contribution in [0.5, 0.6) is 5.75 Å². The first-order valence-corrected chi connectivity index (χ1v) is 9.01. The Kier molecular flexibility index (Phi) is 5.74. The molecule has 1 N–H and O–H groups in total. The second-order valence-corrected chi connectivity index (χ2v) is 6.91. The van der Waals surface area contributed by atoms with E-state index >= 15 is 0 Å². The average Bonchev–Trinajstić information content (AvgIpc) is 3.03. The lowest BCUT2D eigenvalue weighted by atomic mass is 10.1. The van der Waals surface area contributed by atoms with E-state index in [2.05, 4.69) is 5.32 Å². The maximum Gasteiger partial charge on any atom is 0.227 e. The Balaban J connectivity index is 1.57. The Morgan fingerprint density at radius 1 is 1.19 bits per heavy atom. The molecule has 142 valence electrons. The highest BCUT2D eigenvalue weighted by molar-refractivity contribution is 6.00. The first kappa shape index (κ1) is 18.9. The fourth-order valence-electron chi connectivity index (χ4n) is 3.05. The van der Waals surface area contributed by atoms with E-state index in [4.69, 9.17) is 4.74 Å². The summed E-state index contributed by atoms with van der Waals surface area (Å²) in [4.78, 5) is 26.4. The minimum atomic E-state index is -0.399.